The highest BCUT2D eigenvalue weighted by molar-refractivity contribution is 9.10. The molecule has 1 aromatic carbocycles. The van der Waals surface area contributed by atoms with Gasteiger partial charge in [-0.3, -0.25) is 9.59 Å². The fraction of sp³-hybridized carbons (Fsp3) is 0.400. The maximum atomic E-state index is 12.8. The molecule has 7 heteroatoms. The van der Waals surface area contributed by atoms with Crippen molar-refractivity contribution in [3.63, 3.8) is 0 Å². The summed E-state index contributed by atoms with van der Waals surface area (Å²) in [5.41, 5.74) is 1.71. The molecule has 1 aromatic heterocycles. The zero-order valence-electron chi connectivity index (χ0n) is 15.1. The lowest BCUT2D eigenvalue weighted by Crippen LogP contribution is -2.52. The van der Waals surface area contributed by atoms with E-state index in [1.807, 2.05) is 19.9 Å². The van der Waals surface area contributed by atoms with Crippen LogP contribution in [0.5, 0.6) is 5.75 Å². The average Bonchev–Trinajstić information content (AvgIpc) is 3.06. The number of ether oxygens (including phenoxy) is 1. The number of hydrogen-bond acceptors (Lipinski definition) is 4. The van der Waals surface area contributed by atoms with Crippen molar-refractivity contribution >= 4 is 39.2 Å². The van der Waals surface area contributed by atoms with Gasteiger partial charge < -0.3 is 14.1 Å². The lowest BCUT2D eigenvalue weighted by Gasteiger charge is -2.44. The van der Waals surface area contributed by atoms with Gasteiger partial charge in [-0.05, 0) is 59.1 Å². The molecular weight excluding hydrogens is 434 g/mol. The number of halogens is 2. The van der Waals surface area contributed by atoms with Gasteiger partial charge in [0.1, 0.15) is 11.4 Å². The Labute approximate surface area is 170 Å². The predicted molar refractivity (Wildman–Crippen MR) is 105 cm³/mol. The molecule has 2 aromatic rings. The number of rotatable bonds is 1. The lowest BCUT2D eigenvalue weighted by molar-refractivity contribution is -0.00654. The monoisotopic (exact) mass is 451 g/mol. The topological polar surface area (TPSA) is 59.8 Å². The van der Waals surface area contributed by atoms with Crippen molar-refractivity contribution < 1.29 is 18.7 Å². The third-order valence-corrected chi connectivity index (χ3v) is 6.49. The number of fused-ring (bicyclic) bond motifs is 1. The molecule has 0 saturated carbocycles. The van der Waals surface area contributed by atoms with E-state index in [2.05, 4.69) is 15.9 Å². The molecule has 0 N–H and O–H groups in total. The van der Waals surface area contributed by atoms with E-state index in [9.17, 15) is 9.59 Å². The molecule has 2 aliphatic rings. The maximum Gasteiger partial charge on any atom is 0.289 e. The Morgan fingerprint density at radius 3 is 2.59 bits per heavy atom. The smallest absolute Gasteiger partial charge is 0.289 e. The van der Waals surface area contributed by atoms with Crippen molar-refractivity contribution in [3.05, 3.63) is 50.3 Å². The molecule has 0 atom stereocenters. The Bertz CT molecular complexity index is 944. The van der Waals surface area contributed by atoms with E-state index >= 15 is 0 Å². The Morgan fingerprint density at radius 2 is 1.96 bits per heavy atom. The van der Waals surface area contributed by atoms with Crippen LogP contribution in [0.25, 0.3) is 0 Å². The maximum absolute atomic E-state index is 12.8. The lowest BCUT2D eigenvalue weighted by atomic mass is 9.81. The van der Waals surface area contributed by atoms with Gasteiger partial charge in [-0.1, -0.05) is 11.6 Å². The van der Waals surface area contributed by atoms with Crippen molar-refractivity contribution in [2.24, 2.45) is 0 Å². The second-order valence-corrected chi connectivity index (χ2v) is 8.45. The number of benzene rings is 1. The fourth-order valence-electron chi connectivity index (χ4n) is 3.98. The molecule has 1 amide bonds. The molecular formula is C20H19BrClNO4. The average molecular weight is 453 g/mol. The van der Waals surface area contributed by atoms with Gasteiger partial charge in [-0.15, -0.1) is 0 Å². The van der Waals surface area contributed by atoms with Crippen molar-refractivity contribution in [2.45, 2.75) is 38.7 Å². The zero-order valence-corrected chi connectivity index (χ0v) is 17.4. The Morgan fingerprint density at radius 1 is 1.26 bits per heavy atom. The number of nitrogens with zero attached hydrogens (tertiary/aromatic N) is 1. The minimum atomic E-state index is -0.558. The number of Topliss-reactive ketones (excluding diaryl/α,β-unsaturated/α-hetero) is 1. The van der Waals surface area contributed by atoms with Crippen LogP contribution in [-0.4, -0.2) is 35.3 Å². The summed E-state index contributed by atoms with van der Waals surface area (Å²) in [7, 11) is 0. The number of piperidine rings is 1. The van der Waals surface area contributed by atoms with Crippen LogP contribution in [0.15, 0.2) is 27.3 Å². The third-order valence-electron chi connectivity index (χ3n) is 5.48. The molecule has 142 valence electrons. The number of carbonyl (C=O) groups excluding carboxylic acids is 2. The molecule has 2 aliphatic heterocycles. The second-order valence-electron chi connectivity index (χ2n) is 7.29. The van der Waals surface area contributed by atoms with Crippen LogP contribution in [-0.2, 0) is 0 Å². The summed E-state index contributed by atoms with van der Waals surface area (Å²) in [6.07, 6.45) is 1.52. The summed E-state index contributed by atoms with van der Waals surface area (Å²) in [4.78, 5) is 27.2. The summed E-state index contributed by atoms with van der Waals surface area (Å²) in [5.74, 6) is 0.840. The Hall–Kier alpha value is -1.79. The van der Waals surface area contributed by atoms with Gasteiger partial charge in [0.05, 0.1) is 12.0 Å². The SMILES string of the molecule is Cc1cc2c(c(C)c1Cl)C(=O)CC1(CCN(C(=O)c3ccc(Br)o3)CC1)O2. The molecule has 27 heavy (non-hydrogen) atoms. The second kappa shape index (κ2) is 6.67. The van der Waals surface area contributed by atoms with Crippen LogP contribution in [0.4, 0.5) is 0 Å². The highest BCUT2D eigenvalue weighted by atomic mass is 79.9. The van der Waals surface area contributed by atoms with Gasteiger partial charge in [0, 0.05) is 31.0 Å². The first-order chi connectivity index (χ1) is 12.8. The van der Waals surface area contributed by atoms with Crippen molar-refractivity contribution in [1.82, 2.24) is 4.90 Å². The van der Waals surface area contributed by atoms with Crippen LogP contribution < -0.4 is 4.74 Å². The summed E-state index contributed by atoms with van der Waals surface area (Å²) < 4.78 is 12.2. The molecule has 1 saturated heterocycles. The van der Waals surface area contributed by atoms with E-state index in [0.717, 1.165) is 11.1 Å². The molecule has 1 fully saturated rings. The number of amides is 1. The molecule has 0 bridgehead atoms. The molecule has 1 spiro atoms. The van der Waals surface area contributed by atoms with E-state index in [-0.39, 0.29) is 11.7 Å². The third kappa shape index (κ3) is 3.19. The summed E-state index contributed by atoms with van der Waals surface area (Å²) in [6.45, 7) is 4.81. The number of aryl methyl sites for hydroxylation is 1. The van der Waals surface area contributed by atoms with Crippen LogP contribution >= 0.6 is 27.5 Å². The van der Waals surface area contributed by atoms with Crippen molar-refractivity contribution in [2.75, 3.05) is 13.1 Å². The van der Waals surface area contributed by atoms with E-state index in [1.165, 1.54) is 0 Å². The van der Waals surface area contributed by atoms with E-state index in [4.69, 9.17) is 20.8 Å². The number of furan rings is 1. The minimum absolute atomic E-state index is 0.0605. The normalized spacial score (nSPS) is 18.4. The Kier molecular flexibility index (Phi) is 4.59. The van der Waals surface area contributed by atoms with Crippen LogP contribution in [0.1, 0.15) is 51.3 Å². The van der Waals surface area contributed by atoms with Crippen molar-refractivity contribution in [1.29, 1.82) is 0 Å². The highest BCUT2D eigenvalue weighted by Gasteiger charge is 2.44. The van der Waals surface area contributed by atoms with Crippen LogP contribution in [0.3, 0.4) is 0 Å². The van der Waals surface area contributed by atoms with Gasteiger partial charge in [0.15, 0.2) is 16.2 Å². The number of hydrogen-bond donors (Lipinski definition) is 0. The quantitative estimate of drug-likeness (QED) is 0.614. The molecule has 3 heterocycles. The fourth-order valence-corrected chi connectivity index (χ4v) is 4.44. The Balaban J connectivity index is 1.54. The first kappa shape index (κ1) is 18.6. The van der Waals surface area contributed by atoms with Gasteiger partial charge in [0.2, 0.25) is 0 Å². The van der Waals surface area contributed by atoms with Crippen LogP contribution in [0, 0.1) is 13.8 Å². The molecule has 4 rings (SSSR count). The number of ketones is 1. The zero-order chi connectivity index (χ0) is 19.3. The van der Waals surface area contributed by atoms with Crippen LogP contribution in [0.2, 0.25) is 5.02 Å². The largest absolute Gasteiger partial charge is 0.486 e. The van der Waals surface area contributed by atoms with E-state index < -0.39 is 5.60 Å². The summed E-state index contributed by atoms with van der Waals surface area (Å²) >= 11 is 9.52. The van der Waals surface area contributed by atoms with Gasteiger partial charge in [-0.2, -0.15) is 0 Å². The summed E-state index contributed by atoms with van der Waals surface area (Å²) in [5, 5.41) is 0.617. The van der Waals surface area contributed by atoms with Gasteiger partial charge in [-0.25, -0.2) is 0 Å². The van der Waals surface area contributed by atoms with Gasteiger partial charge in [0.25, 0.3) is 5.91 Å². The predicted octanol–water partition coefficient (Wildman–Crippen LogP) is 4.95. The minimum Gasteiger partial charge on any atom is -0.486 e. The first-order valence-electron chi connectivity index (χ1n) is 8.86. The molecule has 0 aliphatic carbocycles. The van der Waals surface area contributed by atoms with Gasteiger partial charge >= 0.3 is 0 Å². The highest BCUT2D eigenvalue weighted by Crippen LogP contribution is 2.43. The number of likely N-dealkylation sites (tertiary alicyclic amines) is 1. The molecule has 5 nitrogen and oxygen atoms in total. The van der Waals surface area contributed by atoms with E-state index in [0.29, 0.717) is 59.1 Å². The first-order valence-corrected chi connectivity index (χ1v) is 10.0. The van der Waals surface area contributed by atoms with Crippen molar-refractivity contribution in [3.8, 4) is 5.75 Å². The summed E-state index contributed by atoms with van der Waals surface area (Å²) in [6, 6.07) is 5.21. The molecule has 0 radical (unpaired) electrons. The molecule has 0 unspecified atom stereocenters. The van der Waals surface area contributed by atoms with E-state index in [1.54, 1.807) is 17.0 Å². The number of carbonyl (C=O) groups is 2. The standard InChI is InChI=1S/C20H19BrClNO4/c1-11-9-15-17(12(2)18(11)22)13(24)10-20(27-15)5-7-23(8-6-20)19(25)14-3-4-16(21)26-14/h3-4,9H,5-8,10H2,1-2H3.